The first kappa shape index (κ1) is 29.1. The Labute approximate surface area is 214 Å². The van der Waals surface area contributed by atoms with Gasteiger partial charge in [0.25, 0.3) is 0 Å². The van der Waals surface area contributed by atoms with Gasteiger partial charge in [-0.2, -0.15) is 55.0 Å². The van der Waals surface area contributed by atoms with Gasteiger partial charge in [0, 0.05) is 0 Å². The smallest absolute Gasteiger partial charge is 0.295 e. The second-order valence-corrected chi connectivity index (χ2v) is 7.11. The zero-order valence-corrected chi connectivity index (χ0v) is 21.6. The molecule has 0 heterocycles. The van der Waals surface area contributed by atoms with E-state index in [1.807, 2.05) is 24.3 Å². The monoisotopic (exact) mass is 411 g/mol. The van der Waals surface area contributed by atoms with Crippen LogP contribution in [0.5, 0.6) is 0 Å². The Balaban J connectivity index is 0. The van der Waals surface area contributed by atoms with Gasteiger partial charge in [0.15, 0.2) is 5.78 Å². The molecule has 0 atom stereocenters. The van der Waals surface area contributed by atoms with Crippen LogP contribution >= 0.6 is 11.6 Å². The summed E-state index contributed by atoms with van der Waals surface area (Å²) in [6, 6.07) is 17.3. The number of Topliss-reactive ketones (excluding diaryl/α,β-unsaturated/α-hetero) is 1. The average molecular weight is 412 g/mol. The van der Waals surface area contributed by atoms with E-state index in [9.17, 15) is 4.79 Å². The number of benzene rings is 2. The van der Waals surface area contributed by atoms with Crippen molar-refractivity contribution in [3.63, 3.8) is 0 Å². The molecule has 0 radical (unpaired) electrons. The number of hydrogen-bond donors (Lipinski definition) is 0. The summed E-state index contributed by atoms with van der Waals surface area (Å²) in [5, 5.41) is 0.669. The van der Waals surface area contributed by atoms with Crippen molar-refractivity contribution in [2.24, 2.45) is 5.92 Å². The fourth-order valence-electron chi connectivity index (χ4n) is 2.09. The summed E-state index contributed by atoms with van der Waals surface area (Å²) in [4.78, 5) is 10.7. The fraction of sp³-hybridized carbons (Fsp3) is 0.417. The minimum Gasteiger partial charge on any atom is -0.295 e. The molecule has 2 aromatic carbocycles. The van der Waals surface area contributed by atoms with E-state index in [2.05, 4.69) is 33.8 Å². The third-order valence-corrected chi connectivity index (χ3v) is 3.90. The largest absolute Gasteiger partial charge is 1.00 e. The van der Waals surface area contributed by atoms with Crippen molar-refractivity contribution in [3.05, 3.63) is 77.7 Å². The molecule has 0 aromatic heterocycles. The predicted octanol–water partition coefficient (Wildman–Crippen LogP) is 4.83. The molecule has 1 nitrogen and oxygen atoms in total. The van der Waals surface area contributed by atoms with Crippen LogP contribution in [0.4, 0.5) is 0 Å². The summed E-state index contributed by atoms with van der Waals surface area (Å²) in [6.45, 7) is 12.1. The molecule has 0 aliphatic heterocycles. The standard InChI is InChI=1S/C9H9O.C9H20.C6H4Cl.K/c1-7-3-5-9(6-4-7)8(2)10;1-4-5-6-7-8-9(2)3;7-6-4-2-1-3-5-6;/h3-6H,1H2,2H3;9H,4-8H2,1-3H3;1-4H;/q-1;;-1;+1. The van der Waals surface area contributed by atoms with E-state index in [1.54, 1.807) is 31.2 Å². The van der Waals surface area contributed by atoms with Gasteiger partial charge in [0.2, 0.25) is 0 Å². The second kappa shape index (κ2) is 19.2. The molecule has 0 saturated heterocycles. The molecule has 0 unspecified atom stereocenters. The summed E-state index contributed by atoms with van der Waals surface area (Å²) >= 11 is 5.48. The van der Waals surface area contributed by atoms with Gasteiger partial charge in [-0.3, -0.25) is 4.79 Å². The van der Waals surface area contributed by atoms with Crippen molar-refractivity contribution in [2.45, 2.75) is 59.8 Å². The van der Waals surface area contributed by atoms with Gasteiger partial charge in [0.05, 0.1) is 0 Å². The molecule has 27 heavy (non-hydrogen) atoms. The van der Waals surface area contributed by atoms with E-state index in [0.29, 0.717) is 5.02 Å². The zero-order chi connectivity index (χ0) is 19.8. The third kappa shape index (κ3) is 19.0. The maximum atomic E-state index is 10.7. The Morgan fingerprint density at radius 3 is 2.07 bits per heavy atom. The Morgan fingerprint density at radius 1 is 1.07 bits per heavy atom. The molecular formula is C24H33ClKO-. The predicted molar refractivity (Wildman–Crippen MR) is 115 cm³/mol. The summed E-state index contributed by atoms with van der Waals surface area (Å²) in [7, 11) is 0. The van der Waals surface area contributed by atoms with Crippen LogP contribution in [0.25, 0.3) is 0 Å². The van der Waals surface area contributed by atoms with E-state index in [1.165, 1.54) is 32.1 Å². The van der Waals surface area contributed by atoms with Crippen molar-refractivity contribution in [1.29, 1.82) is 0 Å². The number of rotatable bonds is 6. The van der Waals surface area contributed by atoms with Crippen molar-refractivity contribution in [1.82, 2.24) is 0 Å². The Bertz CT molecular complexity index is 579. The molecule has 0 fully saturated rings. The Kier molecular flexibility index (Phi) is 20.7. The third-order valence-electron chi connectivity index (χ3n) is 3.67. The van der Waals surface area contributed by atoms with Gasteiger partial charge >= 0.3 is 51.4 Å². The van der Waals surface area contributed by atoms with Gasteiger partial charge in [-0.1, -0.05) is 57.9 Å². The minimum absolute atomic E-state index is 0. The summed E-state index contributed by atoms with van der Waals surface area (Å²) < 4.78 is 0. The second-order valence-electron chi connectivity index (χ2n) is 6.71. The van der Waals surface area contributed by atoms with Crippen LogP contribution in [0.1, 0.15) is 75.7 Å². The van der Waals surface area contributed by atoms with Crippen LogP contribution in [-0.2, 0) is 0 Å². The molecule has 3 heteroatoms. The molecule has 0 saturated carbocycles. The summed E-state index contributed by atoms with van der Waals surface area (Å²) in [5.74, 6) is 1.00. The number of hydrogen-bond acceptors (Lipinski definition) is 1. The topological polar surface area (TPSA) is 17.1 Å². The van der Waals surface area contributed by atoms with Gasteiger partial charge in [-0.25, -0.2) is 0 Å². The molecule has 2 rings (SSSR count). The molecule has 0 aliphatic carbocycles. The van der Waals surface area contributed by atoms with Crippen molar-refractivity contribution in [2.75, 3.05) is 0 Å². The van der Waals surface area contributed by atoms with E-state index in [-0.39, 0.29) is 57.2 Å². The summed E-state index contributed by atoms with van der Waals surface area (Å²) in [5.41, 5.74) is 1.68. The first-order chi connectivity index (χ1) is 12.4. The normalized spacial score (nSPS) is 9.26. The first-order valence-electron chi connectivity index (χ1n) is 9.42. The SMILES string of the molecule is CCCCCCC(C)C.Clc1[c-]cccc1.[CH2-]c1ccc(C(C)=O)cc1.[K+]. The zero-order valence-electron chi connectivity index (χ0n) is 17.7. The number of ketones is 1. The van der Waals surface area contributed by atoms with E-state index in [0.717, 1.165) is 17.0 Å². The maximum absolute atomic E-state index is 10.7. The van der Waals surface area contributed by atoms with Crippen LogP contribution in [-0.4, -0.2) is 5.78 Å². The van der Waals surface area contributed by atoms with Gasteiger partial charge in [-0.15, -0.1) is 23.7 Å². The van der Waals surface area contributed by atoms with E-state index in [4.69, 9.17) is 11.6 Å². The van der Waals surface area contributed by atoms with E-state index < -0.39 is 0 Å². The Hall–Kier alpha value is -0.0936. The van der Waals surface area contributed by atoms with Crippen LogP contribution in [0, 0.1) is 18.9 Å². The van der Waals surface area contributed by atoms with Crippen LogP contribution < -0.4 is 51.4 Å². The summed E-state index contributed by atoms with van der Waals surface area (Å²) in [6.07, 6.45) is 7.07. The van der Waals surface area contributed by atoms with E-state index >= 15 is 0 Å². The number of carbonyl (C=O) groups excluding carboxylic acids is 1. The fourth-order valence-corrected chi connectivity index (χ4v) is 2.23. The molecule has 0 bridgehead atoms. The van der Waals surface area contributed by atoms with Gasteiger partial charge < -0.3 is 0 Å². The maximum Gasteiger partial charge on any atom is 1.00 e. The van der Waals surface area contributed by atoms with Gasteiger partial charge in [0.1, 0.15) is 0 Å². The molecular weight excluding hydrogens is 379 g/mol. The van der Waals surface area contributed by atoms with Crippen LogP contribution in [0.3, 0.4) is 0 Å². The molecule has 2 aromatic rings. The first-order valence-corrected chi connectivity index (χ1v) is 9.79. The number of unbranched alkanes of at least 4 members (excludes halogenated alkanes) is 3. The number of carbonyl (C=O) groups is 1. The Morgan fingerprint density at radius 2 is 1.70 bits per heavy atom. The molecule has 0 spiro atoms. The molecule has 0 N–H and O–H groups in total. The van der Waals surface area contributed by atoms with Crippen LogP contribution in [0.2, 0.25) is 5.02 Å². The minimum atomic E-state index is 0. The molecule has 0 amide bonds. The molecule has 0 aliphatic rings. The van der Waals surface area contributed by atoms with Crippen LogP contribution in [0.15, 0.2) is 48.5 Å². The van der Waals surface area contributed by atoms with Crippen molar-refractivity contribution in [3.8, 4) is 0 Å². The van der Waals surface area contributed by atoms with Gasteiger partial charge in [-0.05, 0) is 18.4 Å². The van der Waals surface area contributed by atoms with Crippen molar-refractivity contribution >= 4 is 17.4 Å². The number of halogens is 1. The molecule has 144 valence electrons. The quantitative estimate of drug-likeness (QED) is 0.288. The van der Waals surface area contributed by atoms with Crippen molar-refractivity contribution < 1.29 is 56.2 Å². The average Bonchev–Trinajstić information content (AvgIpc) is 2.61.